The highest BCUT2D eigenvalue weighted by molar-refractivity contribution is 4.91. The van der Waals surface area contributed by atoms with Crippen LogP contribution in [0.15, 0.2) is 0 Å². The molecule has 0 aliphatic carbocycles. The molecule has 0 bridgehead atoms. The summed E-state index contributed by atoms with van der Waals surface area (Å²) >= 11 is 0. The predicted molar refractivity (Wildman–Crippen MR) is 80.7 cm³/mol. The Balaban J connectivity index is 1.85. The van der Waals surface area contributed by atoms with Crippen molar-refractivity contribution in [3.8, 4) is 0 Å². The Kier molecular flexibility index (Phi) is 6.23. The van der Waals surface area contributed by atoms with Crippen LogP contribution in [0.1, 0.15) is 26.7 Å². The highest BCUT2D eigenvalue weighted by Crippen LogP contribution is 2.21. The van der Waals surface area contributed by atoms with Crippen LogP contribution in [0.3, 0.4) is 0 Å². The van der Waals surface area contributed by atoms with Crippen molar-refractivity contribution >= 4 is 0 Å². The van der Waals surface area contributed by atoms with Crippen LogP contribution in [0.5, 0.6) is 0 Å². The first-order valence-electron chi connectivity index (χ1n) is 8.04. The van der Waals surface area contributed by atoms with Gasteiger partial charge in [0.2, 0.25) is 0 Å². The van der Waals surface area contributed by atoms with Gasteiger partial charge in [-0.05, 0) is 18.8 Å². The molecule has 3 unspecified atom stereocenters. The molecular formula is C15H31N3O2. The van der Waals surface area contributed by atoms with Gasteiger partial charge in [0.15, 0.2) is 0 Å². The topological polar surface area (TPSA) is 62.0 Å². The van der Waals surface area contributed by atoms with Gasteiger partial charge in [-0.15, -0.1) is 0 Å². The van der Waals surface area contributed by atoms with Crippen LogP contribution in [0, 0.1) is 5.92 Å². The fourth-order valence-electron chi connectivity index (χ4n) is 3.53. The van der Waals surface area contributed by atoms with Gasteiger partial charge >= 0.3 is 0 Å². The molecule has 0 saturated carbocycles. The lowest BCUT2D eigenvalue weighted by molar-refractivity contribution is 0.0160. The van der Waals surface area contributed by atoms with Crippen molar-refractivity contribution in [2.45, 2.75) is 44.8 Å². The molecule has 0 aromatic rings. The summed E-state index contributed by atoms with van der Waals surface area (Å²) in [6, 6.07) is 0.797. The maximum absolute atomic E-state index is 9.71. The number of hydrogen-bond acceptors (Lipinski definition) is 5. The molecule has 2 fully saturated rings. The van der Waals surface area contributed by atoms with E-state index in [1.807, 2.05) is 0 Å². The van der Waals surface area contributed by atoms with Gasteiger partial charge < -0.3 is 15.6 Å². The Bertz CT molecular complexity index is 282. The SMILES string of the molecule is CC(C)CC(N)C(CO)N1CCC(N2CCOCC2)C1. The van der Waals surface area contributed by atoms with Crippen LogP contribution in [0.2, 0.25) is 0 Å². The molecule has 3 atom stereocenters. The second-order valence-electron chi connectivity index (χ2n) is 6.63. The molecule has 5 nitrogen and oxygen atoms in total. The third-order valence-electron chi connectivity index (χ3n) is 4.65. The minimum Gasteiger partial charge on any atom is -0.395 e. The summed E-state index contributed by atoms with van der Waals surface area (Å²) in [6.07, 6.45) is 2.16. The molecule has 20 heavy (non-hydrogen) atoms. The van der Waals surface area contributed by atoms with E-state index < -0.39 is 0 Å². The second kappa shape index (κ2) is 7.71. The van der Waals surface area contributed by atoms with Crippen molar-refractivity contribution in [3.05, 3.63) is 0 Å². The second-order valence-corrected chi connectivity index (χ2v) is 6.63. The molecule has 0 amide bonds. The maximum atomic E-state index is 9.71. The van der Waals surface area contributed by atoms with Gasteiger partial charge in [-0.1, -0.05) is 13.8 Å². The summed E-state index contributed by atoms with van der Waals surface area (Å²) in [7, 11) is 0. The van der Waals surface area contributed by atoms with E-state index in [-0.39, 0.29) is 18.7 Å². The first-order chi connectivity index (χ1) is 9.61. The average molecular weight is 285 g/mol. The standard InChI is InChI=1S/C15H31N3O2/c1-12(2)9-14(16)15(11-19)18-4-3-13(10-18)17-5-7-20-8-6-17/h12-15,19H,3-11,16H2,1-2H3. The molecular weight excluding hydrogens is 254 g/mol. The number of rotatable bonds is 6. The monoisotopic (exact) mass is 285 g/mol. The summed E-state index contributed by atoms with van der Waals surface area (Å²) in [5.41, 5.74) is 6.30. The highest BCUT2D eigenvalue weighted by atomic mass is 16.5. The molecule has 2 saturated heterocycles. The summed E-state index contributed by atoms with van der Waals surface area (Å²) in [5.74, 6) is 0.580. The number of ether oxygens (including phenoxy) is 1. The quantitative estimate of drug-likeness (QED) is 0.726. The number of nitrogens with two attached hydrogens (primary N) is 1. The Labute approximate surface area is 123 Å². The molecule has 0 spiro atoms. The van der Waals surface area contributed by atoms with E-state index in [4.69, 9.17) is 10.5 Å². The minimum atomic E-state index is 0.0726. The van der Waals surface area contributed by atoms with Crippen LogP contribution in [-0.4, -0.2) is 79.0 Å². The first-order valence-corrected chi connectivity index (χ1v) is 8.04. The van der Waals surface area contributed by atoms with Gasteiger partial charge in [0.05, 0.1) is 19.8 Å². The Morgan fingerprint density at radius 2 is 1.95 bits per heavy atom. The molecule has 2 rings (SSSR count). The number of aliphatic hydroxyl groups excluding tert-OH is 1. The largest absolute Gasteiger partial charge is 0.395 e. The van der Waals surface area contributed by atoms with E-state index in [0.29, 0.717) is 12.0 Å². The smallest absolute Gasteiger partial charge is 0.0601 e. The maximum Gasteiger partial charge on any atom is 0.0601 e. The van der Waals surface area contributed by atoms with E-state index in [0.717, 1.165) is 45.8 Å². The first kappa shape index (κ1) is 16.2. The molecule has 2 aliphatic rings. The van der Waals surface area contributed by atoms with Gasteiger partial charge in [-0.25, -0.2) is 0 Å². The molecule has 0 aromatic carbocycles. The lowest BCUT2D eigenvalue weighted by atomic mass is 9.98. The predicted octanol–water partition coefficient (Wildman–Crippen LogP) is 0.127. The fourth-order valence-corrected chi connectivity index (χ4v) is 3.53. The zero-order chi connectivity index (χ0) is 14.5. The number of nitrogens with zero attached hydrogens (tertiary/aromatic N) is 2. The van der Waals surface area contributed by atoms with Crippen molar-refractivity contribution in [3.63, 3.8) is 0 Å². The Morgan fingerprint density at radius 1 is 1.25 bits per heavy atom. The van der Waals surface area contributed by atoms with E-state index in [2.05, 4.69) is 23.6 Å². The zero-order valence-corrected chi connectivity index (χ0v) is 13.0. The third-order valence-corrected chi connectivity index (χ3v) is 4.65. The average Bonchev–Trinajstić information content (AvgIpc) is 2.89. The zero-order valence-electron chi connectivity index (χ0n) is 13.0. The molecule has 2 aliphatic heterocycles. The van der Waals surface area contributed by atoms with E-state index in [9.17, 15) is 5.11 Å². The van der Waals surface area contributed by atoms with Crippen molar-refractivity contribution < 1.29 is 9.84 Å². The molecule has 118 valence electrons. The van der Waals surface area contributed by atoms with E-state index in [1.165, 1.54) is 6.42 Å². The fraction of sp³-hybridized carbons (Fsp3) is 1.00. The van der Waals surface area contributed by atoms with Gasteiger partial charge in [0.25, 0.3) is 0 Å². The number of aliphatic hydroxyl groups is 1. The van der Waals surface area contributed by atoms with Crippen LogP contribution in [0.25, 0.3) is 0 Å². The lowest BCUT2D eigenvalue weighted by Gasteiger charge is -2.35. The molecule has 0 radical (unpaired) electrons. The summed E-state index contributed by atoms with van der Waals surface area (Å²) in [6.45, 7) is 10.4. The van der Waals surface area contributed by atoms with Crippen molar-refractivity contribution in [1.82, 2.24) is 9.80 Å². The van der Waals surface area contributed by atoms with E-state index >= 15 is 0 Å². The number of morpholine rings is 1. The van der Waals surface area contributed by atoms with Crippen LogP contribution < -0.4 is 5.73 Å². The summed E-state index contributed by atoms with van der Waals surface area (Å²) in [4.78, 5) is 4.93. The van der Waals surface area contributed by atoms with Crippen molar-refractivity contribution in [2.24, 2.45) is 11.7 Å². The van der Waals surface area contributed by atoms with Crippen molar-refractivity contribution in [2.75, 3.05) is 46.0 Å². The number of hydrogen-bond donors (Lipinski definition) is 2. The molecule has 0 aromatic heterocycles. The van der Waals surface area contributed by atoms with Crippen LogP contribution >= 0.6 is 0 Å². The van der Waals surface area contributed by atoms with E-state index in [1.54, 1.807) is 0 Å². The minimum absolute atomic E-state index is 0.0726. The molecule has 2 heterocycles. The molecule has 3 N–H and O–H groups in total. The van der Waals surface area contributed by atoms with Gasteiger partial charge in [-0.3, -0.25) is 9.80 Å². The van der Waals surface area contributed by atoms with Gasteiger partial charge in [-0.2, -0.15) is 0 Å². The van der Waals surface area contributed by atoms with Crippen molar-refractivity contribution in [1.29, 1.82) is 0 Å². The Hall–Kier alpha value is -0.200. The molecule has 5 heteroatoms. The Morgan fingerprint density at radius 3 is 2.55 bits per heavy atom. The van der Waals surface area contributed by atoms with Gasteiger partial charge in [0.1, 0.15) is 0 Å². The van der Waals surface area contributed by atoms with Crippen LogP contribution in [-0.2, 0) is 4.74 Å². The summed E-state index contributed by atoms with van der Waals surface area (Å²) in [5, 5.41) is 9.71. The third kappa shape index (κ3) is 4.15. The van der Waals surface area contributed by atoms with Crippen LogP contribution in [0.4, 0.5) is 0 Å². The highest BCUT2D eigenvalue weighted by Gasteiger charge is 2.34. The lowest BCUT2D eigenvalue weighted by Crippen LogP contribution is -2.51. The number of likely N-dealkylation sites (tertiary alicyclic amines) is 1. The normalized spacial score (nSPS) is 28.9. The van der Waals surface area contributed by atoms with Gasteiger partial charge in [0, 0.05) is 44.3 Å². The summed E-state index contributed by atoms with van der Waals surface area (Å²) < 4.78 is 5.42.